The van der Waals surface area contributed by atoms with Crippen LogP contribution in [0.4, 0.5) is 0 Å². The van der Waals surface area contributed by atoms with E-state index < -0.39 is 20.4 Å². The van der Waals surface area contributed by atoms with Crippen LogP contribution in [0, 0.1) is 5.92 Å². The van der Waals surface area contributed by atoms with E-state index in [2.05, 4.69) is 81.0 Å². The summed E-state index contributed by atoms with van der Waals surface area (Å²) in [6, 6.07) is 21.1. The van der Waals surface area contributed by atoms with Gasteiger partial charge in [-0.3, -0.25) is 0 Å². The predicted molar refractivity (Wildman–Crippen MR) is 125 cm³/mol. The molecule has 4 nitrogen and oxygen atoms in total. The van der Waals surface area contributed by atoms with E-state index >= 15 is 0 Å². The van der Waals surface area contributed by atoms with Crippen LogP contribution in [0.25, 0.3) is 0 Å². The van der Waals surface area contributed by atoms with Crippen molar-refractivity contribution in [1.29, 1.82) is 0 Å². The van der Waals surface area contributed by atoms with Gasteiger partial charge in [0.25, 0.3) is 8.32 Å². The molecule has 2 atom stereocenters. The molecule has 0 aliphatic carbocycles. The molecule has 0 aromatic heterocycles. The molecule has 30 heavy (non-hydrogen) atoms. The third-order valence-electron chi connectivity index (χ3n) is 5.28. The number of aliphatic hydroxyl groups is 1. The highest BCUT2D eigenvalue weighted by Crippen LogP contribution is 2.37. The topological polar surface area (TPSA) is 55.8 Å². The van der Waals surface area contributed by atoms with Crippen molar-refractivity contribution in [1.82, 2.24) is 0 Å². The smallest absolute Gasteiger partial charge is 0.335 e. The quantitative estimate of drug-likeness (QED) is 0.378. The lowest BCUT2D eigenvalue weighted by Gasteiger charge is -2.43. The first-order valence-electron chi connectivity index (χ1n) is 10.4. The lowest BCUT2D eigenvalue weighted by molar-refractivity contribution is -0.150. The van der Waals surface area contributed by atoms with Gasteiger partial charge < -0.3 is 14.3 Å². The first-order valence-corrected chi connectivity index (χ1v) is 12.3. The van der Waals surface area contributed by atoms with Crippen molar-refractivity contribution in [3.05, 3.63) is 72.8 Å². The number of benzene rings is 2. The van der Waals surface area contributed by atoms with Crippen LogP contribution in [0.15, 0.2) is 72.8 Å². The number of carbonyl (C=O) groups excluding carboxylic acids is 1. The molecule has 0 amide bonds. The second-order valence-corrected chi connectivity index (χ2v) is 13.0. The molecular formula is C25H34O4Si. The Kier molecular flexibility index (Phi) is 8.59. The fraction of sp³-hybridized carbons (Fsp3) is 0.400. The molecule has 0 fully saturated rings. The number of hydrogen-bond donors (Lipinski definition) is 1. The number of carbonyl (C=O) groups is 1. The van der Waals surface area contributed by atoms with E-state index in [1.165, 1.54) is 17.5 Å². The van der Waals surface area contributed by atoms with E-state index in [-0.39, 0.29) is 17.4 Å². The Hall–Kier alpha value is -2.21. The van der Waals surface area contributed by atoms with Crippen molar-refractivity contribution in [3.63, 3.8) is 0 Å². The summed E-state index contributed by atoms with van der Waals surface area (Å²) in [6.45, 7) is 9.41. The SMILES string of the molecule is COC(=O)[C@H](O)C/C=C/[C@@H](C)CO[Si](c1ccccc1)(c1ccccc1)C(C)(C)C. The number of methoxy groups -OCH3 is 1. The zero-order chi connectivity index (χ0) is 22.2. The van der Waals surface area contributed by atoms with Crippen LogP contribution in [0.2, 0.25) is 5.04 Å². The highest BCUT2D eigenvalue weighted by atomic mass is 28.4. The summed E-state index contributed by atoms with van der Waals surface area (Å²) < 4.78 is 11.4. The molecule has 0 unspecified atom stereocenters. The Morgan fingerprint density at radius 1 is 1.03 bits per heavy atom. The van der Waals surface area contributed by atoms with Crippen LogP contribution in [0.1, 0.15) is 34.1 Å². The minimum atomic E-state index is -2.55. The summed E-state index contributed by atoms with van der Waals surface area (Å²) in [5, 5.41) is 12.2. The largest absolute Gasteiger partial charge is 0.467 e. The minimum absolute atomic E-state index is 0.0692. The summed E-state index contributed by atoms with van der Waals surface area (Å²) in [5.74, 6) is -0.479. The van der Waals surface area contributed by atoms with Crippen molar-refractivity contribution >= 4 is 24.7 Å². The van der Waals surface area contributed by atoms with Crippen LogP contribution in [-0.2, 0) is 14.0 Å². The monoisotopic (exact) mass is 426 g/mol. The zero-order valence-electron chi connectivity index (χ0n) is 18.7. The summed E-state index contributed by atoms with van der Waals surface area (Å²) in [7, 11) is -1.28. The summed E-state index contributed by atoms with van der Waals surface area (Å²) >= 11 is 0. The number of ether oxygens (including phenoxy) is 1. The molecule has 0 radical (unpaired) electrons. The van der Waals surface area contributed by atoms with Gasteiger partial charge in [-0.05, 0) is 21.3 Å². The molecule has 2 aromatic rings. The fourth-order valence-corrected chi connectivity index (χ4v) is 8.41. The molecule has 0 bridgehead atoms. The van der Waals surface area contributed by atoms with Gasteiger partial charge in [-0.15, -0.1) is 0 Å². The number of esters is 1. The van der Waals surface area contributed by atoms with Gasteiger partial charge in [0.1, 0.15) is 0 Å². The Morgan fingerprint density at radius 3 is 1.97 bits per heavy atom. The molecular weight excluding hydrogens is 392 g/mol. The van der Waals surface area contributed by atoms with Gasteiger partial charge in [0.15, 0.2) is 6.10 Å². The molecule has 2 rings (SSSR count). The van der Waals surface area contributed by atoms with Crippen molar-refractivity contribution in [3.8, 4) is 0 Å². The minimum Gasteiger partial charge on any atom is -0.467 e. The maximum absolute atomic E-state index is 11.3. The van der Waals surface area contributed by atoms with E-state index in [0.717, 1.165) is 0 Å². The first kappa shape index (κ1) is 24.1. The zero-order valence-corrected chi connectivity index (χ0v) is 19.7. The Labute approximate surface area is 181 Å². The lowest BCUT2D eigenvalue weighted by atomic mass is 10.1. The highest BCUT2D eigenvalue weighted by Gasteiger charge is 2.50. The van der Waals surface area contributed by atoms with Gasteiger partial charge in [0.05, 0.1) is 7.11 Å². The normalized spacial score (nSPS) is 14.5. The van der Waals surface area contributed by atoms with E-state index in [1.807, 2.05) is 24.3 Å². The molecule has 1 N–H and O–H groups in total. The molecule has 0 heterocycles. The maximum atomic E-state index is 11.3. The molecule has 0 saturated carbocycles. The molecule has 0 aliphatic heterocycles. The maximum Gasteiger partial charge on any atom is 0.335 e. The van der Waals surface area contributed by atoms with E-state index in [1.54, 1.807) is 0 Å². The second-order valence-electron chi connectivity index (χ2n) is 8.65. The highest BCUT2D eigenvalue weighted by molar-refractivity contribution is 6.99. The molecule has 0 spiro atoms. The van der Waals surface area contributed by atoms with Crippen molar-refractivity contribution < 1.29 is 19.1 Å². The van der Waals surface area contributed by atoms with Crippen LogP contribution >= 0.6 is 0 Å². The van der Waals surface area contributed by atoms with Crippen molar-refractivity contribution in [2.75, 3.05) is 13.7 Å². The van der Waals surface area contributed by atoms with Gasteiger partial charge in [-0.1, -0.05) is 101 Å². The second kappa shape index (κ2) is 10.7. The van der Waals surface area contributed by atoms with Crippen molar-refractivity contribution in [2.45, 2.75) is 45.3 Å². The van der Waals surface area contributed by atoms with E-state index in [4.69, 9.17) is 4.43 Å². The third kappa shape index (κ3) is 5.69. The summed E-state index contributed by atoms with van der Waals surface area (Å²) in [4.78, 5) is 11.3. The van der Waals surface area contributed by atoms with Gasteiger partial charge in [-0.25, -0.2) is 4.79 Å². The van der Waals surface area contributed by atoms with Gasteiger partial charge in [0.2, 0.25) is 0 Å². The summed E-state index contributed by atoms with van der Waals surface area (Å²) in [5.41, 5.74) is 0. The molecule has 162 valence electrons. The van der Waals surface area contributed by atoms with Crippen LogP contribution < -0.4 is 10.4 Å². The van der Waals surface area contributed by atoms with Crippen LogP contribution in [0.3, 0.4) is 0 Å². The molecule has 2 aromatic carbocycles. The van der Waals surface area contributed by atoms with E-state index in [9.17, 15) is 9.90 Å². The predicted octanol–water partition coefficient (Wildman–Crippen LogP) is 3.68. The Balaban J connectivity index is 2.28. The molecule has 0 aliphatic rings. The van der Waals surface area contributed by atoms with Gasteiger partial charge >= 0.3 is 5.97 Å². The third-order valence-corrected chi connectivity index (χ3v) is 10.3. The lowest BCUT2D eigenvalue weighted by Crippen LogP contribution is -2.66. The van der Waals surface area contributed by atoms with Crippen molar-refractivity contribution in [2.24, 2.45) is 5.92 Å². The van der Waals surface area contributed by atoms with Gasteiger partial charge in [0, 0.05) is 13.0 Å². The molecule has 0 saturated heterocycles. The number of aliphatic hydroxyl groups excluding tert-OH is 1. The van der Waals surface area contributed by atoms with Crippen LogP contribution in [-0.4, -0.2) is 39.2 Å². The van der Waals surface area contributed by atoms with E-state index in [0.29, 0.717) is 6.61 Å². The number of rotatable bonds is 9. The number of hydrogen-bond acceptors (Lipinski definition) is 4. The first-order chi connectivity index (χ1) is 14.2. The Bertz CT molecular complexity index is 773. The standard InChI is InChI=1S/C25H34O4Si/c1-20(13-12-18-23(26)24(27)28-5)19-29-30(25(2,3)4,21-14-8-6-9-15-21)22-16-10-7-11-17-22/h6-17,20,23,26H,18-19H2,1-5H3/b13-12+/t20-,23-/m1/s1. The summed E-state index contributed by atoms with van der Waals surface area (Å²) in [6.07, 6.45) is 2.91. The average Bonchev–Trinajstić information content (AvgIpc) is 2.74. The fourth-order valence-electron chi connectivity index (χ4n) is 3.75. The Morgan fingerprint density at radius 2 is 1.53 bits per heavy atom. The van der Waals surface area contributed by atoms with Crippen LogP contribution in [0.5, 0.6) is 0 Å². The molecule has 5 heteroatoms. The van der Waals surface area contributed by atoms with Gasteiger partial charge in [-0.2, -0.15) is 0 Å². The average molecular weight is 427 g/mol.